The zero-order chi connectivity index (χ0) is 14.5. The standard InChI is InChI=1S/C12H21ClN2O3S/c1-4-6-7-15-11(9-18-10(3)5-2)12(8-14-15)19(13,16)17/h8,10H,4-7,9H2,1-3H3. The summed E-state index contributed by atoms with van der Waals surface area (Å²) < 4.78 is 30.3. The molecule has 0 N–H and O–H groups in total. The number of hydrogen-bond acceptors (Lipinski definition) is 4. The number of halogens is 1. The van der Waals surface area contributed by atoms with Crippen LogP contribution in [-0.2, 0) is 26.9 Å². The van der Waals surface area contributed by atoms with E-state index in [2.05, 4.69) is 12.0 Å². The Morgan fingerprint density at radius 2 is 2.16 bits per heavy atom. The maximum Gasteiger partial charge on any atom is 0.264 e. The molecule has 0 aliphatic heterocycles. The Morgan fingerprint density at radius 3 is 2.68 bits per heavy atom. The number of aromatic nitrogens is 2. The van der Waals surface area contributed by atoms with E-state index >= 15 is 0 Å². The molecule has 0 saturated heterocycles. The molecule has 0 aliphatic carbocycles. The van der Waals surface area contributed by atoms with Gasteiger partial charge >= 0.3 is 0 Å². The van der Waals surface area contributed by atoms with E-state index in [-0.39, 0.29) is 17.6 Å². The first-order valence-electron chi connectivity index (χ1n) is 6.51. The first kappa shape index (κ1) is 16.5. The highest BCUT2D eigenvalue weighted by atomic mass is 35.7. The van der Waals surface area contributed by atoms with Crippen molar-refractivity contribution in [3.63, 3.8) is 0 Å². The van der Waals surface area contributed by atoms with Gasteiger partial charge in [-0.15, -0.1) is 0 Å². The molecule has 19 heavy (non-hydrogen) atoms. The molecule has 1 aromatic rings. The van der Waals surface area contributed by atoms with Gasteiger partial charge in [0, 0.05) is 17.2 Å². The Labute approximate surface area is 119 Å². The van der Waals surface area contributed by atoms with Crippen LogP contribution in [0.15, 0.2) is 11.1 Å². The van der Waals surface area contributed by atoms with Crippen LogP contribution < -0.4 is 0 Å². The summed E-state index contributed by atoms with van der Waals surface area (Å²) >= 11 is 0. The second kappa shape index (κ2) is 7.26. The Morgan fingerprint density at radius 1 is 1.47 bits per heavy atom. The molecule has 1 heterocycles. The van der Waals surface area contributed by atoms with Gasteiger partial charge < -0.3 is 4.74 Å². The minimum absolute atomic E-state index is 0.0496. The number of unbranched alkanes of at least 4 members (excludes halogenated alkanes) is 1. The molecular weight excluding hydrogens is 288 g/mol. The molecule has 1 aromatic heterocycles. The topological polar surface area (TPSA) is 61.2 Å². The number of rotatable bonds is 8. The third-order valence-electron chi connectivity index (χ3n) is 2.98. The van der Waals surface area contributed by atoms with Crippen molar-refractivity contribution in [3.05, 3.63) is 11.9 Å². The van der Waals surface area contributed by atoms with Crippen LogP contribution in [0.4, 0.5) is 0 Å². The number of aryl methyl sites for hydroxylation is 1. The number of ether oxygens (including phenoxy) is 1. The second-order valence-corrected chi connectivity index (χ2v) is 7.03. The fraction of sp³-hybridized carbons (Fsp3) is 0.750. The van der Waals surface area contributed by atoms with Gasteiger partial charge in [0.25, 0.3) is 9.05 Å². The molecule has 0 saturated carbocycles. The summed E-state index contributed by atoms with van der Waals surface area (Å²) in [5, 5.41) is 4.10. The average molecular weight is 309 g/mol. The van der Waals surface area contributed by atoms with Gasteiger partial charge in [-0.1, -0.05) is 20.3 Å². The first-order chi connectivity index (χ1) is 8.90. The van der Waals surface area contributed by atoms with Crippen molar-refractivity contribution in [1.29, 1.82) is 0 Å². The summed E-state index contributed by atoms with van der Waals surface area (Å²) in [6.45, 7) is 6.90. The Hall–Kier alpha value is -0.590. The van der Waals surface area contributed by atoms with Crippen molar-refractivity contribution in [2.45, 2.75) is 64.2 Å². The Bertz CT molecular complexity index is 499. The van der Waals surface area contributed by atoms with Gasteiger partial charge in [0.15, 0.2) is 0 Å². The normalized spacial score (nSPS) is 13.7. The van der Waals surface area contributed by atoms with Crippen LogP contribution in [-0.4, -0.2) is 24.3 Å². The van der Waals surface area contributed by atoms with E-state index in [1.807, 2.05) is 13.8 Å². The van der Waals surface area contributed by atoms with Gasteiger partial charge in [0.2, 0.25) is 0 Å². The maximum atomic E-state index is 11.5. The van der Waals surface area contributed by atoms with Crippen LogP contribution in [0.5, 0.6) is 0 Å². The van der Waals surface area contributed by atoms with Gasteiger partial charge in [-0.3, -0.25) is 4.68 Å². The van der Waals surface area contributed by atoms with Gasteiger partial charge in [-0.25, -0.2) is 8.42 Å². The highest BCUT2D eigenvalue weighted by molar-refractivity contribution is 8.13. The van der Waals surface area contributed by atoms with Gasteiger partial charge in [0.05, 0.1) is 24.6 Å². The van der Waals surface area contributed by atoms with Gasteiger partial charge in [-0.2, -0.15) is 5.10 Å². The summed E-state index contributed by atoms with van der Waals surface area (Å²) in [6, 6.07) is 0. The van der Waals surface area contributed by atoms with Crippen molar-refractivity contribution in [2.75, 3.05) is 0 Å². The van der Waals surface area contributed by atoms with Crippen LogP contribution in [0.25, 0.3) is 0 Å². The molecule has 0 aliphatic rings. The average Bonchev–Trinajstić information content (AvgIpc) is 2.76. The molecule has 0 bridgehead atoms. The zero-order valence-electron chi connectivity index (χ0n) is 11.6. The summed E-state index contributed by atoms with van der Waals surface area (Å²) in [7, 11) is 1.64. The van der Waals surface area contributed by atoms with Crippen molar-refractivity contribution in [2.24, 2.45) is 0 Å². The first-order valence-corrected chi connectivity index (χ1v) is 8.82. The molecule has 110 valence electrons. The van der Waals surface area contributed by atoms with Crippen LogP contribution in [0.1, 0.15) is 45.7 Å². The molecule has 0 spiro atoms. The van der Waals surface area contributed by atoms with Crippen LogP contribution in [0, 0.1) is 0 Å². The van der Waals surface area contributed by atoms with E-state index in [0.29, 0.717) is 12.2 Å². The lowest BCUT2D eigenvalue weighted by molar-refractivity contribution is 0.0452. The van der Waals surface area contributed by atoms with Crippen molar-refractivity contribution < 1.29 is 13.2 Å². The predicted molar refractivity (Wildman–Crippen MR) is 74.7 cm³/mol. The molecule has 0 aromatic carbocycles. The lowest BCUT2D eigenvalue weighted by Crippen LogP contribution is -2.13. The molecule has 1 atom stereocenters. The van der Waals surface area contributed by atoms with E-state index in [1.54, 1.807) is 4.68 Å². The third kappa shape index (κ3) is 4.78. The summed E-state index contributed by atoms with van der Waals surface area (Å²) in [4.78, 5) is 0.0496. The highest BCUT2D eigenvalue weighted by Crippen LogP contribution is 2.21. The lowest BCUT2D eigenvalue weighted by atomic mass is 10.3. The summed E-state index contributed by atoms with van der Waals surface area (Å²) in [5.74, 6) is 0. The maximum absolute atomic E-state index is 11.5. The van der Waals surface area contributed by atoms with Crippen molar-refractivity contribution >= 4 is 19.7 Å². The molecular formula is C12H21ClN2O3S. The number of hydrogen-bond donors (Lipinski definition) is 0. The molecule has 0 radical (unpaired) electrons. The number of nitrogens with zero attached hydrogens (tertiary/aromatic N) is 2. The van der Waals surface area contributed by atoms with E-state index in [1.165, 1.54) is 6.20 Å². The van der Waals surface area contributed by atoms with E-state index in [4.69, 9.17) is 15.4 Å². The highest BCUT2D eigenvalue weighted by Gasteiger charge is 2.21. The fourth-order valence-electron chi connectivity index (χ4n) is 1.58. The predicted octanol–water partition coefficient (Wildman–Crippen LogP) is 2.93. The van der Waals surface area contributed by atoms with Gasteiger partial charge in [0.1, 0.15) is 4.90 Å². The van der Waals surface area contributed by atoms with Gasteiger partial charge in [-0.05, 0) is 19.8 Å². The van der Waals surface area contributed by atoms with Crippen LogP contribution in [0.2, 0.25) is 0 Å². The van der Waals surface area contributed by atoms with E-state index in [0.717, 1.165) is 19.3 Å². The van der Waals surface area contributed by atoms with E-state index in [9.17, 15) is 8.42 Å². The minimum Gasteiger partial charge on any atom is -0.372 e. The Balaban J connectivity index is 2.97. The largest absolute Gasteiger partial charge is 0.372 e. The van der Waals surface area contributed by atoms with Crippen LogP contribution >= 0.6 is 10.7 Å². The summed E-state index contributed by atoms with van der Waals surface area (Å²) in [6.07, 6.45) is 4.17. The fourth-order valence-corrected chi connectivity index (χ4v) is 2.59. The van der Waals surface area contributed by atoms with E-state index < -0.39 is 9.05 Å². The molecule has 7 heteroatoms. The SMILES string of the molecule is CCCCn1ncc(S(=O)(=O)Cl)c1COC(C)CC. The quantitative estimate of drug-likeness (QED) is 0.693. The van der Waals surface area contributed by atoms with Crippen molar-refractivity contribution in [1.82, 2.24) is 9.78 Å². The summed E-state index contributed by atoms with van der Waals surface area (Å²) in [5.41, 5.74) is 0.531. The molecule has 0 amide bonds. The monoisotopic (exact) mass is 308 g/mol. The molecule has 1 unspecified atom stereocenters. The molecule has 5 nitrogen and oxygen atoms in total. The molecule has 0 fully saturated rings. The third-order valence-corrected chi connectivity index (χ3v) is 4.34. The van der Waals surface area contributed by atoms with Crippen molar-refractivity contribution in [3.8, 4) is 0 Å². The second-order valence-electron chi connectivity index (χ2n) is 4.50. The lowest BCUT2D eigenvalue weighted by Gasteiger charge is -2.13. The molecule has 1 rings (SSSR count). The minimum atomic E-state index is -3.78. The zero-order valence-corrected chi connectivity index (χ0v) is 13.2. The smallest absolute Gasteiger partial charge is 0.264 e. The Kier molecular flexibility index (Phi) is 6.29. The van der Waals surface area contributed by atoms with Crippen LogP contribution in [0.3, 0.4) is 0 Å².